The molecule has 0 nitrogen and oxygen atoms in total. The first kappa shape index (κ1) is 11.3. The van der Waals surface area contributed by atoms with E-state index in [0.717, 1.165) is 11.8 Å². The van der Waals surface area contributed by atoms with E-state index in [1.165, 1.54) is 44.9 Å². The lowest BCUT2D eigenvalue weighted by molar-refractivity contribution is 0.566. The van der Waals surface area contributed by atoms with E-state index in [2.05, 4.69) is 28.9 Å². The summed E-state index contributed by atoms with van der Waals surface area (Å²) < 4.78 is 0. The number of halogens is 1. The van der Waals surface area contributed by atoms with E-state index in [9.17, 15) is 0 Å². The highest BCUT2D eigenvalue weighted by Crippen LogP contribution is 2.45. The lowest BCUT2D eigenvalue weighted by Crippen LogP contribution is -1.83. The van der Waals surface area contributed by atoms with Crippen LogP contribution in [0.25, 0.3) is 0 Å². The molecule has 0 unspecified atom stereocenters. The molecule has 2 atom stereocenters. The summed E-state index contributed by atoms with van der Waals surface area (Å²) in [5, 5.41) is 0. The summed E-state index contributed by atoms with van der Waals surface area (Å²) >= 11 is 3.31. The SMILES string of the molecule is CCCCC[C@@H]1C[C@H]1CC/C=C\Br. The minimum Gasteiger partial charge on any atom is -0.0776 e. The summed E-state index contributed by atoms with van der Waals surface area (Å²) in [5.74, 6) is 2.16. The molecule has 1 aliphatic rings. The number of rotatable bonds is 7. The van der Waals surface area contributed by atoms with Gasteiger partial charge in [-0.05, 0) is 36.1 Å². The second-order valence-corrected chi connectivity index (χ2v) is 4.72. The van der Waals surface area contributed by atoms with Gasteiger partial charge in [-0.1, -0.05) is 54.6 Å². The molecule has 0 aromatic carbocycles. The van der Waals surface area contributed by atoms with Gasteiger partial charge < -0.3 is 0 Å². The zero-order valence-corrected chi connectivity index (χ0v) is 10.2. The fraction of sp³-hybridized carbons (Fsp3) is 0.833. The molecule has 0 heterocycles. The zero-order chi connectivity index (χ0) is 9.52. The summed E-state index contributed by atoms with van der Waals surface area (Å²) in [6.07, 6.45) is 12.2. The third-order valence-corrected chi connectivity index (χ3v) is 3.41. The van der Waals surface area contributed by atoms with Gasteiger partial charge in [-0.25, -0.2) is 0 Å². The van der Waals surface area contributed by atoms with Gasteiger partial charge in [0.15, 0.2) is 0 Å². The minimum absolute atomic E-state index is 1.07. The third kappa shape index (κ3) is 4.85. The van der Waals surface area contributed by atoms with Crippen LogP contribution in [0.15, 0.2) is 11.1 Å². The van der Waals surface area contributed by atoms with Crippen LogP contribution in [0, 0.1) is 11.8 Å². The van der Waals surface area contributed by atoms with Crippen LogP contribution in [0.5, 0.6) is 0 Å². The molecule has 1 aliphatic carbocycles. The molecule has 13 heavy (non-hydrogen) atoms. The van der Waals surface area contributed by atoms with E-state index in [0.29, 0.717) is 0 Å². The molecule has 0 N–H and O–H groups in total. The van der Waals surface area contributed by atoms with Gasteiger partial charge in [0.25, 0.3) is 0 Å². The van der Waals surface area contributed by atoms with Crippen molar-refractivity contribution in [2.45, 2.75) is 51.9 Å². The first-order valence-electron chi connectivity index (χ1n) is 5.63. The highest BCUT2D eigenvalue weighted by Gasteiger charge is 2.34. The zero-order valence-electron chi connectivity index (χ0n) is 8.64. The van der Waals surface area contributed by atoms with E-state index >= 15 is 0 Å². The predicted molar refractivity (Wildman–Crippen MR) is 63.0 cm³/mol. The summed E-state index contributed by atoms with van der Waals surface area (Å²) in [7, 11) is 0. The summed E-state index contributed by atoms with van der Waals surface area (Å²) in [4.78, 5) is 1.99. The van der Waals surface area contributed by atoms with Gasteiger partial charge in [0.1, 0.15) is 0 Å². The normalized spacial score (nSPS) is 26.9. The Hall–Kier alpha value is 0.220. The van der Waals surface area contributed by atoms with Crippen molar-refractivity contribution in [3.63, 3.8) is 0 Å². The molecule has 0 bridgehead atoms. The van der Waals surface area contributed by atoms with Crippen LogP contribution in [0.2, 0.25) is 0 Å². The van der Waals surface area contributed by atoms with E-state index in [1.807, 2.05) is 4.99 Å². The monoisotopic (exact) mass is 244 g/mol. The molecule has 1 heteroatoms. The smallest absolute Gasteiger partial charge is 0.0229 e. The van der Waals surface area contributed by atoms with Gasteiger partial charge in [-0.15, -0.1) is 0 Å². The van der Waals surface area contributed by atoms with Crippen molar-refractivity contribution >= 4 is 15.9 Å². The van der Waals surface area contributed by atoms with E-state index in [4.69, 9.17) is 0 Å². The van der Waals surface area contributed by atoms with Crippen LogP contribution in [0.4, 0.5) is 0 Å². The van der Waals surface area contributed by atoms with Crippen molar-refractivity contribution in [3.05, 3.63) is 11.1 Å². The molecule has 0 aliphatic heterocycles. The number of hydrogen-bond donors (Lipinski definition) is 0. The van der Waals surface area contributed by atoms with Crippen molar-refractivity contribution < 1.29 is 0 Å². The molecule has 76 valence electrons. The Balaban J connectivity index is 1.90. The lowest BCUT2D eigenvalue weighted by Gasteiger charge is -1.97. The van der Waals surface area contributed by atoms with Crippen LogP contribution >= 0.6 is 15.9 Å². The van der Waals surface area contributed by atoms with Crippen LogP contribution in [0.1, 0.15) is 51.9 Å². The van der Waals surface area contributed by atoms with E-state index in [1.54, 1.807) is 0 Å². The van der Waals surface area contributed by atoms with Gasteiger partial charge in [0.05, 0.1) is 0 Å². The number of allylic oxidation sites excluding steroid dienone is 1. The molecule has 0 aromatic heterocycles. The Labute approximate surface area is 90.9 Å². The average molecular weight is 245 g/mol. The van der Waals surface area contributed by atoms with Crippen molar-refractivity contribution in [3.8, 4) is 0 Å². The third-order valence-electron chi connectivity index (χ3n) is 3.04. The summed E-state index contributed by atoms with van der Waals surface area (Å²) in [5.41, 5.74) is 0. The molecule has 1 fully saturated rings. The first-order valence-corrected chi connectivity index (χ1v) is 6.55. The van der Waals surface area contributed by atoms with Gasteiger partial charge >= 0.3 is 0 Å². The Kier molecular flexibility index (Phi) is 5.77. The van der Waals surface area contributed by atoms with Crippen molar-refractivity contribution in [2.75, 3.05) is 0 Å². The Morgan fingerprint density at radius 3 is 2.69 bits per heavy atom. The molecular formula is C12H21Br. The Morgan fingerprint density at radius 2 is 2.00 bits per heavy atom. The molecule has 1 saturated carbocycles. The fourth-order valence-electron chi connectivity index (χ4n) is 2.05. The van der Waals surface area contributed by atoms with Crippen LogP contribution < -0.4 is 0 Å². The molecule has 0 amide bonds. The van der Waals surface area contributed by atoms with Crippen LogP contribution in [0.3, 0.4) is 0 Å². The quantitative estimate of drug-likeness (QED) is 0.560. The largest absolute Gasteiger partial charge is 0.0776 e. The topological polar surface area (TPSA) is 0 Å². The molecular weight excluding hydrogens is 224 g/mol. The average Bonchev–Trinajstić information content (AvgIpc) is 2.85. The second kappa shape index (κ2) is 6.64. The van der Waals surface area contributed by atoms with Gasteiger partial charge in [0, 0.05) is 0 Å². The van der Waals surface area contributed by atoms with Crippen LogP contribution in [-0.2, 0) is 0 Å². The maximum Gasteiger partial charge on any atom is -0.0229 e. The van der Waals surface area contributed by atoms with Gasteiger partial charge in [-0.2, -0.15) is 0 Å². The molecule has 0 radical (unpaired) electrons. The first-order chi connectivity index (χ1) is 6.38. The second-order valence-electron chi connectivity index (χ2n) is 4.19. The fourth-order valence-corrected chi connectivity index (χ4v) is 2.31. The van der Waals surface area contributed by atoms with Crippen molar-refractivity contribution in [1.82, 2.24) is 0 Å². The minimum atomic E-state index is 1.07. The van der Waals surface area contributed by atoms with Gasteiger partial charge in [0.2, 0.25) is 0 Å². The Bertz CT molecular complexity index is 151. The summed E-state index contributed by atoms with van der Waals surface area (Å²) in [6, 6.07) is 0. The molecule has 0 aromatic rings. The highest BCUT2D eigenvalue weighted by molar-refractivity contribution is 9.11. The van der Waals surface area contributed by atoms with E-state index < -0.39 is 0 Å². The lowest BCUT2D eigenvalue weighted by atomic mass is 10.1. The van der Waals surface area contributed by atoms with Crippen molar-refractivity contribution in [1.29, 1.82) is 0 Å². The maximum absolute atomic E-state index is 3.31. The predicted octanol–water partition coefficient (Wildman–Crippen LogP) is 4.89. The highest BCUT2D eigenvalue weighted by atomic mass is 79.9. The summed E-state index contributed by atoms with van der Waals surface area (Å²) in [6.45, 7) is 2.28. The molecule has 0 spiro atoms. The molecule has 0 saturated heterocycles. The van der Waals surface area contributed by atoms with Crippen molar-refractivity contribution in [2.24, 2.45) is 11.8 Å². The molecule has 1 rings (SSSR count). The number of hydrogen-bond acceptors (Lipinski definition) is 0. The number of unbranched alkanes of at least 4 members (excludes halogenated alkanes) is 2. The van der Waals surface area contributed by atoms with Gasteiger partial charge in [-0.3, -0.25) is 0 Å². The van der Waals surface area contributed by atoms with E-state index in [-0.39, 0.29) is 0 Å². The van der Waals surface area contributed by atoms with Crippen LogP contribution in [-0.4, -0.2) is 0 Å². The standard InChI is InChI=1S/C12H21Br/c1-2-3-4-7-11-10-12(11)8-5-6-9-13/h6,9,11-12H,2-5,7-8,10H2,1H3/b9-6-/t11-,12-/m1/s1. The maximum atomic E-state index is 3.31. The Morgan fingerprint density at radius 1 is 1.23 bits per heavy atom.